The minimum absolute atomic E-state index is 0.0972. The molecule has 0 bridgehead atoms. The molecule has 4 N–H and O–H groups in total. The summed E-state index contributed by atoms with van der Waals surface area (Å²) in [4.78, 5) is 8.36. The van der Waals surface area contributed by atoms with E-state index in [2.05, 4.69) is 0 Å². The first-order chi connectivity index (χ1) is 6.33. The topological polar surface area (TPSA) is 83.5 Å². The van der Waals surface area contributed by atoms with E-state index in [0.717, 1.165) is 0 Å². The molecule has 0 aromatic heterocycles. The van der Waals surface area contributed by atoms with Crippen molar-refractivity contribution in [3.05, 3.63) is 36.4 Å². The molecule has 0 fully saturated rings. The maximum absolute atomic E-state index is 8.36. The Bertz CT molecular complexity index is 139. The molecule has 1 rings (SSSR count). The van der Waals surface area contributed by atoms with Crippen molar-refractivity contribution >= 4 is 6.47 Å². The van der Waals surface area contributed by atoms with Gasteiger partial charge >= 0.3 is 0 Å². The first-order valence-electron chi connectivity index (χ1n) is 3.72. The normalized spacial score (nSPS) is 6.92. The van der Waals surface area contributed by atoms with Gasteiger partial charge < -0.3 is 15.9 Å². The van der Waals surface area contributed by atoms with Crippen molar-refractivity contribution in [3.8, 4) is 0 Å². The molecular weight excluding hydrogens is 170 g/mol. The summed E-state index contributed by atoms with van der Waals surface area (Å²) in [5.74, 6) is 0. The van der Waals surface area contributed by atoms with E-state index in [1.807, 2.05) is 36.4 Å². The summed E-state index contributed by atoms with van der Waals surface area (Å²) < 4.78 is 0. The van der Waals surface area contributed by atoms with Gasteiger partial charge in [-0.1, -0.05) is 36.4 Å². The SMILES string of the molecule is NCCO.O=CO.c1ccccc1. The minimum atomic E-state index is -0.250. The van der Waals surface area contributed by atoms with Crippen molar-refractivity contribution in [2.75, 3.05) is 13.2 Å². The monoisotopic (exact) mass is 185 g/mol. The minimum Gasteiger partial charge on any atom is -0.483 e. The molecule has 0 heterocycles. The van der Waals surface area contributed by atoms with Crippen LogP contribution in [-0.2, 0) is 4.79 Å². The number of benzene rings is 1. The summed E-state index contributed by atoms with van der Waals surface area (Å²) in [6.45, 7) is 0.222. The molecule has 1 aromatic carbocycles. The Hall–Kier alpha value is -1.39. The van der Waals surface area contributed by atoms with Crippen molar-refractivity contribution in [1.29, 1.82) is 0 Å². The Labute approximate surface area is 77.6 Å². The van der Waals surface area contributed by atoms with Crippen molar-refractivity contribution in [1.82, 2.24) is 0 Å². The fourth-order valence-electron chi connectivity index (χ4n) is 0.385. The number of hydrogen-bond acceptors (Lipinski definition) is 3. The second-order valence-corrected chi connectivity index (χ2v) is 1.77. The molecule has 0 spiro atoms. The molecule has 0 unspecified atom stereocenters. The third kappa shape index (κ3) is 25.0. The van der Waals surface area contributed by atoms with E-state index in [9.17, 15) is 0 Å². The van der Waals surface area contributed by atoms with Crippen LogP contribution >= 0.6 is 0 Å². The molecule has 1 aromatic rings. The van der Waals surface area contributed by atoms with Gasteiger partial charge in [-0.25, -0.2) is 0 Å². The number of hydrogen-bond donors (Lipinski definition) is 3. The average Bonchev–Trinajstić information content (AvgIpc) is 2.22. The highest BCUT2D eigenvalue weighted by Crippen LogP contribution is 1.79. The van der Waals surface area contributed by atoms with Crippen molar-refractivity contribution in [2.24, 2.45) is 5.73 Å². The fraction of sp³-hybridized carbons (Fsp3) is 0.222. The van der Waals surface area contributed by atoms with E-state index in [-0.39, 0.29) is 13.1 Å². The van der Waals surface area contributed by atoms with E-state index >= 15 is 0 Å². The Kier molecular flexibility index (Phi) is 18.4. The molecule has 0 saturated carbocycles. The van der Waals surface area contributed by atoms with Gasteiger partial charge in [0.2, 0.25) is 0 Å². The predicted molar refractivity (Wildman–Crippen MR) is 51.3 cm³/mol. The van der Waals surface area contributed by atoms with Gasteiger partial charge in [-0.15, -0.1) is 0 Å². The summed E-state index contributed by atoms with van der Waals surface area (Å²) >= 11 is 0. The quantitative estimate of drug-likeness (QED) is 0.550. The average molecular weight is 185 g/mol. The number of rotatable bonds is 1. The lowest BCUT2D eigenvalue weighted by atomic mass is 10.4. The zero-order chi connectivity index (χ0) is 10.4. The number of carboxylic acid groups (broad SMARTS) is 1. The third-order valence-electron chi connectivity index (χ3n) is 0.796. The van der Waals surface area contributed by atoms with Crippen molar-refractivity contribution < 1.29 is 15.0 Å². The van der Waals surface area contributed by atoms with Crippen molar-refractivity contribution in [2.45, 2.75) is 0 Å². The van der Waals surface area contributed by atoms with Gasteiger partial charge in [0.15, 0.2) is 0 Å². The zero-order valence-electron chi connectivity index (χ0n) is 7.34. The van der Waals surface area contributed by atoms with Gasteiger partial charge in [-0.3, -0.25) is 4.79 Å². The highest BCUT2D eigenvalue weighted by Gasteiger charge is 1.58. The lowest BCUT2D eigenvalue weighted by Crippen LogP contribution is -2.02. The highest BCUT2D eigenvalue weighted by molar-refractivity contribution is 5.32. The Morgan fingerprint density at radius 3 is 1.31 bits per heavy atom. The smallest absolute Gasteiger partial charge is 0.290 e. The Morgan fingerprint density at radius 2 is 1.23 bits per heavy atom. The van der Waals surface area contributed by atoms with Gasteiger partial charge in [0, 0.05) is 6.54 Å². The van der Waals surface area contributed by atoms with E-state index in [1.54, 1.807) is 0 Å². The largest absolute Gasteiger partial charge is 0.483 e. The van der Waals surface area contributed by atoms with Crippen molar-refractivity contribution in [3.63, 3.8) is 0 Å². The number of aliphatic hydroxyl groups excluding tert-OH is 1. The second kappa shape index (κ2) is 16.9. The van der Waals surface area contributed by atoms with Crippen LogP contribution in [0.15, 0.2) is 36.4 Å². The van der Waals surface area contributed by atoms with Crippen LogP contribution < -0.4 is 5.73 Å². The molecule has 0 atom stereocenters. The second-order valence-electron chi connectivity index (χ2n) is 1.77. The Balaban J connectivity index is 0. The van der Waals surface area contributed by atoms with Crippen LogP contribution in [0.4, 0.5) is 0 Å². The predicted octanol–water partition coefficient (Wildman–Crippen LogP) is 0.325. The maximum atomic E-state index is 8.36. The first-order valence-corrected chi connectivity index (χ1v) is 3.72. The van der Waals surface area contributed by atoms with Crippen LogP contribution in [0, 0.1) is 0 Å². The molecule has 74 valence electrons. The molecule has 0 amide bonds. The molecule has 0 aliphatic carbocycles. The summed E-state index contributed by atoms with van der Waals surface area (Å²) in [6, 6.07) is 12.0. The summed E-state index contributed by atoms with van der Waals surface area (Å²) in [7, 11) is 0. The summed E-state index contributed by atoms with van der Waals surface area (Å²) in [5, 5.41) is 14.6. The van der Waals surface area contributed by atoms with Crippen LogP contribution in [0.1, 0.15) is 0 Å². The van der Waals surface area contributed by atoms with Gasteiger partial charge in [0.1, 0.15) is 0 Å². The summed E-state index contributed by atoms with van der Waals surface area (Å²) in [5.41, 5.74) is 4.78. The fourth-order valence-corrected chi connectivity index (χ4v) is 0.385. The van der Waals surface area contributed by atoms with E-state index < -0.39 is 0 Å². The molecule has 0 saturated heterocycles. The number of nitrogens with two attached hydrogens (primary N) is 1. The molecule has 4 nitrogen and oxygen atoms in total. The molecular formula is C9H15NO3. The van der Waals surface area contributed by atoms with Crippen LogP contribution in [0.3, 0.4) is 0 Å². The van der Waals surface area contributed by atoms with Gasteiger partial charge in [-0.05, 0) is 0 Å². The Morgan fingerprint density at radius 1 is 1.08 bits per heavy atom. The highest BCUT2D eigenvalue weighted by atomic mass is 16.3. The van der Waals surface area contributed by atoms with Crippen LogP contribution in [0.2, 0.25) is 0 Å². The van der Waals surface area contributed by atoms with E-state index in [4.69, 9.17) is 20.7 Å². The lowest BCUT2D eigenvalue weighted by molar-refractivity contribution is -0.122. The molecule has 0 radical (unpaired) electrons. The van der Waals surface area contributed by atoms with Gasteiger partial charge in [0.25, 0.3) is 6.47 Å². The van der Waals surface area contributed by atoms with E-state index in [1.165, 1.54) is 0 Å². The third-order valence-corrected chi connectivity index (χ3v) is 0.796. The number of aliphatic hydroxyl groups is 1. The molecule has 13 heavy (non-hydrogen) atoms. The molecule has 4 heteroatoms. The number of carbonyl (C=O) groups is 1. The van der Waals surface area contributed by atoms with Crippen LogP contribution in [0.5, 0.6) is 0 Å². The molecule has 0 aliphatic heterocycles. The summed E-state index contributed by atoms with van der Waals surface area (Å²) in [6.07, 6.45) is 0. The zero-order valence-corrected chi connectivity index (χ0v) is 7.34. The standard InChI is InChI=1S/C6H6.C2H7NO.CH2O2/c1-2-4-6-5-3-1;3-1-2-4;2-1-3/h1-6H;4H,1-3H2;1H,(H,2,3). The first kappa shape index (κ1) is 14.2. The maximum Gasteiger partial charge on any atom is 0.290 e. The van der Waals surface area contributed by atoms with Gasteiger partial charge in [-0.2, -0.15) is 0 Å². The van der Waals surface area contributed by atoms with Gasteiger partial charge in [0.05, 0.1) is 6.61 Å². The molecule has 0 aliphatic rings. The van der Waals surface area contributed by atoms with Crippen LogP contribution in [-0.4, -0.2) is 29.8 Å². The van der Waals surface area contributed by atoms with E-state index in [0.29, 0.717) is 6.54 Å². The van der Waals surface area contributed by atoms with Crippen LogP contribution in [0.25, 0.3) is 0 Å². The lowest BCUT2D eigenvalue weighted by Gasteiger charge is -1.71.